The van der Waals surface area contributed by atoms with Crippen LogP contribution in [0.15, 0.2) is 61.0 Å². The van der Waals surface area contributed by atoms with E-state index in [0.29, 0.717) is 17.4 Å². The molecule has 0 spiro atoms. The van der Waals surface area contributed by atoms with Gasteiger partial charge in [-0.3, -0.25) is 9.48 Å². The summed E-state index contributed by atoms with van der Waals surface area (Å²) in [5, 5.41) is 12.4. The molecular formula is C24H26N6O2. The molecule has 1 aromatic carbocycles. The van der Waals surface area contributed by atoms with Crippen molar-refractivity contribution < 1.29 is 9.53 Å². The normalized spacial score (nSPS) is 17.3. The Morgan fingerprint density at radius 2 is 2.00 bits per heavy atom. The van der Waals surface area contributed by atoms with Gasteiger partial charge in [-0.05, 0) is 57.4 Å². The number of pyridine rings is 1. The van der Waals surface area contributed by atoms with Crippen molar-refractivity contribution in [1.82, 2.24) is 25.0 Å². The van der Waals surface area contributed by atoms with E-state index in [1.807, 2.05) is 48.3 Å². The summed E-state index contributed by atoms with van der Waals surface area (Å²) < 4.78 is 7.72. The van der Waals surface area contributed by atoms with Gasteiger partial charge in [-0.25, -0.2) is 4.98 Å². The standard InChI is InChI=1S/C24H26N6O2/c1-16-11-25-14-22(32-16)17-3-4-18-12-26-23(10-19(18)9-17)28-24(31)20-13-27-30(15-20)21-5-7-29(2)8-6-21/h3-4,9-15,21,25H,5-8H2,1-2H3,(H,26,28,31). The van der Waals surface area contributed by atoms with Gasteiger partial charge < -0.3 is 20.3 Å². The molecule has 1 fully saturated rings. The maximum Gasteiger partial charge on any atom is 0.260 e. The Morgan fingerprint density at radius 1 is 1.16 bits per heavy atom. The average Bonchev–Trinajstić information content (AvgIpc) is 3.30. The SMILES string of the molecule is CC1=CNC=C(c2ccc3cnc(NC(=O)c4cnn(C5CCN(C)CC5)c4)cc3c2)O1. The zero-order valence-electron chi connectivity index (χ0n) is 18.2. The molecule has 0 atom stereocenters. The second-order valence-electron chi connectivity index (χ2n) is 8.36. The van der Waals surface area contributed by atoms with Gasteiger partial charge in [0.2, 0.25) is 0 Å². The number of amides is 1. The van der Waals surface area contributed by atoms with Crippen molar-refractivity contribution in [2.75, 3.05) is 25.5 Å². The molecule has 0 radical (unpaired) electrons. The quantitative estimate of drug-likeness (QED) is 0.656. The molecule has 0 aliphatic carbocycles. The van der Waals surface area contributed by atoms with E-state index < -0.39 is 0 Å². The van der Waals surface area contributed by atoms with Crippen LogP contribution in [-0.4, -0.2) is 45.7 Å². The smallest absolute Gasteiger partial charge is 0.260 e. The molecule has 2 aromatic heterocycles. The van der Waals surface area contributed by atoms with Crippen molar-refractivity contribution in [3.05, 3.63) is 72.1 Å². The highest BCUT2D eigenvalue weighted by Crippen LogP contribution is 2.26. The van der Waals surface area contributed by atoms with Crippen LogP contribution in [0.2, 0.25) is 0 Å². The van der Waals surface area contributed by atoms with Crippen LogP contribution < -0.4 is 10.6 Å². The molecule has 0 unspecified atom stereocenters. The van der Waals surface area contributed by atoms with E-state index >= 15 is 0 Å². The van der Waals surface area contributed by atoms with Crippen LogP contribution in [0.3, 0.4) is 0 Å². The van der Waals surface area contributed by atoms with E-state index in [0.717, 1.165) is 53.8 Å². The van der Waals surface area contributed by atoms with Crippen molar-refractivity contribution in [3.8, 4) is 0 Å². The van der Waals surface area contributed by atoms with E-state index in [1.165, 1.54) is 0 Å². The summed E-state index contributed by atoms with van der Waals surface area (Å²) in [5.74, 6) is 1.83. The van der Waals surface area contributed by atoms with Gasteiger partial charge in [-0.15, -0.1) is 0 Å². The minimum Gasteiger partial charge on any atom is -0.458 e. The maximum atomic E-state index is 12.8. The monoisotopic (exact) mass is 430 g/mol. The van der Waals surface area contributed by atoms with E-state index in [4.69, 9.17) is 4.74 Å². The lowest BCUT2D eigenvalue weighted by atomic mass is 10.1. The van der Waals surface area contributed by atoms with Crippen LogP contribution in [0.5, 0.6) is 0 Å². The second kappa shape index (κ2) is 8.47. The van der Waals surface area contributed by atoms with Crippen molar-refractivity contribution in [1.29, 1.82) is 0 Å². The predicted octanol–water partition coefficient (Wildman–Crippen LogP) is 3.73. The van der Waals surface area contributed by atoms with Crippen LogP contribution in [0.4, 0.5) is 5.82 Å². The number of rotatable bonds is 4. The first kappa shape index (κ1) is 20.3. The minimum atomic E-state index is -0.213. The van der Waals surface area contributed by atoms with Crippen molar-refractivity contribution >= 4 is 28.3 Å². The van der Waals surface area contributed by atoms with Gasteiger partial charge in [0.1, 0.15) is 17.3 Å². The Morgan fingerprint density at radius 3 is 2.81 bits per heavy atom. The van der Waals surface area contributed by atoms with Crippen molar-refractivity contribution in [2.45, 2.75) is 25.8 Å². The number of nitrogens with one attached hydrogen (secondary N) is 2. The number of ether oxygens (including phenoxy) is 1. The first-order valence-electron chi connectivity index (χ1n) is 10.8. The topological polar surface area (TPSA) is 84.3 Å². The van der Waals surface area contributed by atoms with Gasteiger partial charge >= 0.3 is 0 Å². The maximum absolute atomic E-state index is 12.8. The fourth-order valence-electron chi connectivity index (χ4n) is 4.07. The van der Waals surface area contributed by atoms with Crippen LogP contribution >= 0.6 is 0 Å². The first-order chi connectivity index (χ1) is 15.5. The summed E-state index contributed by atoms with van der Waals surface area (Å²) >= 11 is 0. The number of carbonyl (C=O) groups is 1. The zero-order chi connectivity index (χ0) is 22.1. The fourth-order valence-corrected chi connectivity index (χ4v) is 4.07. The van der Waals surface area contributed by atoms with Gasteiger partial charge in [0.25, 0.3) is 5.91 Å². The fraction of sp³-hybridized carbons (Fsp3) is 0.292. The number of benzene rings is 1. The number of nitrogens with zero attached hydrogens (tertiary/aromatic N) is 4. The molecule has 8 heteroatoms. The molecule has 1 saturated heterocycles. The van der Waals surface area contributed by atoms with Crippen LogP contribution in [0.25, 0.3) is 16.5 Å². The lowest BCUT2D eigenvalue weighted by Crippen LogP contribution is -2.31. The molecule has 32 heavy (non-hydrogen) atoms. The third-order valence-electron chi connectivity index (χ3n) is 5.95. The number of aromatic nitrogens is 3. The molecule has 5 rings (SSSR count). The molecule has 0 bridgehead atoms. The highest BCUT2D eigenvalue weighted by atomic mass is 16.5. The van der Waals surface area contributed by atoms with Crippen LogP contribution in [0, 0.1) is 0 Å². The Hall–Kier alpha value is -3.65. The van der Waals surface area contributed by atoms with Gasteiger partial charge in [0.15, 0.2) is 0 Å². The van der Waals surface area contributed by atoms with E-state index in [1.54, 1.807) is 18.6 Å². The number of anilines is 1. The zero-order valence-corrected chi connectivity index (χ0v) is 18.2. The summed E-state index contributed by atoms with van der Waals surface area (Å²) in [7, 11) is 2.13. The molecule has 2 N–H and O–H groups in total. The second-order valence-corrected chi connectivity index (χ2v) is 8.36. The first-order valence-corrected chi connectivity index (χ1v) is 10.8. The number of hydrogen-bond donors (Lipinski definition) is 2. The lowest BCUT2D eigenvalue weighted by molar-refractivity contribution is 0.102. The number of hydrogen-bond acceptors (Lipinski definition) is 6. The van der Waals surface area contributed by atoms with Crippen LogP contribution in [-0.2, 0) is 4.74 Å². The molecule has 1 amide bonds. The Labute approximate surface area is 186 Å². The average molecular weight is 431 g/mol. The molecule has 8 nitrogen and oxygen atoms in total. The third-order valence-corrected chi connectivity index (χ3v) is 5.95. The molecule has 2 aliphatic heterocycles. The molecular weight excluding hydrogens is 404 g/mol. The molecule has 164 valence electrons. The van der Waals surface area contributed by atoms with Crippen LogP contribution in [0.1, 0.15) is 41.7 Å². The summed E-state index contributed by atoms with van der Waals surface area (Å²) in [6.45, 7) is 3.99. The Balaban J connectivity index is 1.31. The largest absolute Gasteiger partial charge is 0.458 e. The summed E-state index contributed by atoms with van der Waals surface area (Å²) in [6, 6.07) is 8.22. The number of likely N-dealkylation sites (tertiary alicyclic amines) is 1. The van der Waals surface area contributed by atoms with Gasteiger partial charge in [0, 0.05) is 35.7 Å². The van der Waals surface area contributed by atoms with E-state index in [9.17, 15) is 4.79 Å². The van der Waals surface area contributed by atoms with Crippen molar-refractivity contribution in [2.24, 2.45) is 0 Å². The minimum absolute atomic E-state index is 0.213. The third kappa shape index (κ3) is 4.22. The number of allylic oxidation sites excluding steroid dienone is 1. The molecule has 2 aliphatic rings. The highest BCUT2D eigenvalue weighted by Gasteiger charge is 2.20. The molecule has 4 heterocycles. The number of piperidine rings is 1. The van der Waals surface area contributed by atoms with E-state index in [2.05, 4.69) is 32.7 Å². The summed E-state index contributed by atoms with van der Waals surface area (Å²) in [4.78, 5) is 19.5. The Bertz CT molecular complexity index is 1220. The van der Waals surface area contributed by atoms with Crippen molar-refractivity contribution in [3.63, 3.8) is 0 Å². The van der Waals surface area contributed by atoms with E-state index in [-0.39, 0.29) is 5.91 Å². The van der Waals surface area contributed by atoms with Gasteiger partial charge in [0.05, 0.1) is 17.8 Å². The summed E-state index contributed by atoms with van der Waals surface area (Å²) in [5.41, 5.74) is 1.48. The highest BCUT2D eigenvalue weighted by molar-refractivity contribution is 6.04. The van der Waals surface area contributed by atoms with Gasteiger partial charge in [-0.1, -0.05) is 12.1 Å². The summed E-state index contributed by atoms with van der Waals surface area (Å²) in [6.07, 6.45) is 10.9. The number of fused-ring (bicyclic) bond motifs is 1. The predicted molar refractivity (Wildman–Crippen MR) is 124 cm³/mol. The molecule has 3 aromatic rings. The van der Waals surface area contributed by atoms with Gasteiger partial charge in [-0.2, -0.15) is 5.10 Å². The lowest BCUT2D eigenvalue weighted by Gasteiger charge is -2.28. The Kier molecular flexibility index (Phi) is 5.36. The number of carbonyl (C=O) groups excluding carboxylic acids is 1. The molecule has 0 saturated carbocycles.